The molecule has 0 bridgehead atoms. The van der Waals surface area contributed by atoms with Crippen molar-refractivity contribution in [1.29, 1.82) is 0 Å². The molecule has 4 aromatic rings. The van der Waals surface area contributed by atoms with Gasteiger partial charge in [0.05, 0.1) is 5.56 Å². The summed E-state index contributed by atoms with van der Waals surface area (Å²) in [6, 6.07) is 13.1. The lowest BCUT2D eigenvalue weighted by Crippen LogP contribution is -2.13. The molecule has 0 saturated carbocycles. The number of amides is 1. The minimum Gasteiger partial charge on any atom is -0.364 e. The molecule has 8 heteroatoms. The van der Waals surface area contributed by atoms with Gasteiger partial charge in [0.15, 0.2) is 0 Å². The highest BCUT2D eigenvalue weighted by Crippen LogP contribution is 2.36. The Morgan fingerprint density at radius 1 is 1.17 bits per heavy atom. The van der Waals surface area contributed by atoms with E-state index in [1.807, 2.05) is 35.9 Å². The van der Waals surface area contributed by atoms with Gasteiger partial charge in [-0.05, 0) is 36.1 Å². The summed E-state index contributed by atoms with van der Waals surface area (Å²) >= 11 is 1.51. The quantitative estimate of drug-likeness (QED) is 0.477. The largest absolute Gasteiger partial charge is 0.416 e. The van der Waals surface area contributed by atoms with Crippen molar-refractivity contribution in [2.45, 2.75) is 19.5 Å². The van der Waals surface area contributed by atoms with Crippen LogP contribution in [0.3, 0.4) is 0 Å². The molecule has 2 heterocycles. The molecule has 2 aromatic heterocycles. The molecule has 154 valence electrons. The molecule has 2 aromatic carbocycles. The number of halogens is 3. The molecular weight excluding hydrogens is 411 g/mol. The minimum atomic E-state index is -4.36. The minimum absolute atomic E-state index is 0.227. The van der Waals surface area contributed by atoms with Gasteiger partial charge in [0.1, 0.15) is 11.5 Å². The van der Waals surface area contributed by atoms with Gasteiger partial charge in [-0.1, -0.05) is 30.3 Å². The number of hydrogen-bond donors (Lipinski definition) is 1. The van der Waals surface area contributed by atoms with Gasteiger partial charge >= 0.3 is 6.18 Å². The molecule has 0 spiro atoms. The zero-order valence-electron chi connectivity index (χ0n) is 16.2. The molecule has 1 amide bonds. The smallest absolute Gasteiger partial charge is 0.364 e. The molecule has 30 heavy (non-hydrogen) atoms. The SMILES string of the molecule is Cc1c(C(N)=O)nc(-c2cccc3cc(Cc4cccc(C(F)(F)F)c4)sc23)n1C. The van der Waals surface area contributed by atoms with Crippen LogP contribution in [0.25, 0.3) is 21.5 Å². The third kappa shape index (κ3) is 3.59. The van der Waals surface area contributed by atoms with Crippen molar-refractivity contribution < 1.29 is 18.0 Å². The van der Waals surface area contributed by atoms with Crippen molar-refractivity contribution in [3.63, 3.8) is 0 Å². The molecule has 0 aliphatic rings. The lowest BCUT2D eigenvalue weighted by atomic mass is 10.1. The Bertz CT molecular complexity index is 1270. The van der Waals surface area contributed by atoms with E-state index in [2.05, 4.69) is 4.98 Å². The van der Waals surface area contributed by atoms with Gasteiger partial charge in [-0.3, -0.25) is 4.79 Å². The van der Waals surface area contributed by atoms with E-state index in [-0.39, 0.29) is 5.69 Å². The Hall–Kier alpha value is -3.13. The summed E-state index contributed by atoms with van der Waals surface area (Å²) in [6.45, 7) is 1.78. The zero-order chi connectivity index (χ0) is 21.6. The third-order valence-corrected chi connectivity index (χ3v) is 6.27. The van der Waals surface area contributed by atoms with E-state index in [0.717, 1.165) is 26.6 Å². The van der Waals surface area contributed by atoms with Gasteiger partial charge in [0.2, 0.25) is 0 Å². The molecule has 2 N–H and O–H groups in total. The van der Waals surface area contributed by atoms with Crippen LogP contribution < -0.4 is 5.73 Å². The van der Waals surface area contributed by atoms with E-state index >= 15 is 0 Å². The number of rotatable bonds is 4. The number of nitrogens with two attached hydrogens (primary N) is 1. The van der Waals surface area contributed by atoms with Crippen LogP contribution in [0.5, 0.6) is 0 Å². The highest BCUT2D eigenvalue weighted by atomic mass is 32.1. The van der Waals surface area contributed by atoms with Gasteiger partial charge in [-0.15, -0.1) is 11.3 Å². The Morgan fingerprint density at radius 2 is 1.90 bits per heavy atom. The van der Waals surface area contributed by atoms with Gasteiger partial charge in [0.25, 0.3) is 5.91 Å². The normalized spacial score (nSPS) is 11.9. The highest BCUT2D eigenvalue weighted by Gasteiger charge is 2.30. The summed E-state index contributed by atoms with van der Waals surface area (Å²) in [5.74, 6) is 0.0392. The number of fused-ring (bicyclic) bond motifs is 1. The number of thiophene rings is 1. The first-order chi connectivity index (χ1) is 14.1. The van der Waals surface area contributed by atoms with Crippen molar-refractivity contribution in [1.82, 2.24) is 9.55 Å². The van der Waals surface area contributed by atoms with Gasteiger partial charge in [0, 0.05) is 34.3 Å². The van der Waals surface area contributed by atoms with Crippen molar-refractivity contribution in [3.05, 3.63) is 75.9 Å². The van der Waals surface area contributed by atoms with Crippen LogP contribution in [-0.2, 0) is 19.6 Å². The summed E-state index contributed by atoms with van der Waals surface area (Å²) in [5.41, 5.74) is 7.13. The average Bonchev–Trinajstić information content (AvgIpc) is 3.22. The first kappa shape index (κ1) is 20.2. The van der Waals surface area contributed by atoms with Crippen LogP contribution in [0.2, 0.25) is 0 Å². The molecule has 0 fully saturated rings. The highest BCUT2D eigenvalue weighted by molar-refractivity contribution is 7.19. The molecule has 0 radical (unpaired) electrons. The first-order valence-electron chi connectivity index (χ1n) is 9.16. The summed E-state index contributed by atoms with van der Waals surface area (Å²) < 4.78 is 41.8. The van der Waals surface area contributed by atoms with Crippen molar-refractivity contribution in [2.24, 2.45) is 12.8 Å². The average molecular weight is 429 g/mol. The second kappa shape index (κ2) is 7.28. The van der Waals surface area contributed by atoms with Crippen LogP contribution in [-0.4, -0.2) is 15.5 Å². The number of imidazole rings is 1. The van der Waals surface area contributed by atoms with Crippen molar-refractivity contribution in [2.75, 3.05) is 0 Å². The molecule has 0 aliphatic heterocycles. The number of carbonyl (C=O) groups is 1. The Balaban J connectivity index is 1.75. The molecule has 0 aliphatic carbocycles. The van der Waals surface area contributed by atoms with E-state index in [0.29, 0.717) is 23.5 Å². The predicted molar refractivity (Wildman–Crippen MR) is 112 cm³/mol. The number of carbonyl (C=O) groups excluding carboxylic acids is 1. The van der Waals surface area contributed by atoms with Gasteiger partial charge in [-0.25, -0.2) is 4.98 Å². The molecule has 4 rings (SSSR count). The van der Waals surface area contributed by atoms with Crippen LogP contribution in [0.1, 0.15) is 32.2 Å². The van der Waals surface area contributed by atoms with E-state index in [1.54, 1.807) is 13.0 Å². The van der Waals surface area contributed by atoms with Crippen LogP contribution >= 0.6 is 11.3 Å². The lowest BCUT2D eigenvalue weighted by Gasteiger charge is -2.08. The van der Waals surface area contributed by atoms with Gasteiger partial charge in [-0.2, -0.15) is 13.2 Å². The second-order valence-corrected chi connectivity index (χ2v) is 8.24. The Morgan fingerprint density at radius 3 is 2.57 bits per heavy atom. The van der Waals surface area contributed by atoms with Crippen molar-refractivity contribution in [3.8, 4) is 11.4 Å². The maximum absolute atomic E-state index is 13.0. The molecule has 0 saturated heterocycles. The summed E-state index contributed by atoms with van der Waals surface area (Å²) in [6.07, 6.45) is -3.97. The van der Waals surface area contributed by atoms with E-state index < -0.39 is 17.6 Å². The van der Waals surface area contributed by atoms with Crippen LogP contribution in [0.15, 0.2) is 48.5 Å². The molecular formula is C22H18F3N3OS. The van der Waals surface area contributed by atoms with Gasteiger partial charge < -0.3 is 10.3 Å². The zero-order valence-corrected chi connectivity index (χ0v) is 17.1. The summed E-state index contributed by atoms with van der Waals surface area (Å²) in [5, 5.41) is 0.973. The maximum Gasteiger partial charge on any atom is 0.416 e. The first-order valence-corrected chi connectivity index (χ1v) is 9.98. The standard InChI is InChI=1S/C22H18F3N3OS/c1-12-18(20(26)29)27-21(28(12)2)17-8-4-6-14-11-16(30-19(14)17)10-13-5-3-7-15(9-13)22(23,24)25/h3-9,11H,10H2,1-2H3,(H2,26,29). The fourth-order valence-electron chi connectivity index (χ4n) is 3.49. The number of primary amides is 1. The van der Waals surface area contributed by atoms with Crippen molar-refractivity contribution >= 4 is 27.3 Å². The lowest BCUT2D eigenvalue weighted by molar-refractivity contribution is -0.137. The molecule has 0 atom stereocenters. The monoisotopic (exact) mass is 429 g/mol. The maximum atomic E-state index is 13.0. The number of hydrogen-bond acceptors (Lipinski definition) is 3. The number of alkyl halides is 3. The summed E-state index contributed by atoms with van der Waals surface area (Å²) in [4.78, 5) is 17.0. The molecule has 4 nitrogen and oxygen atoms in total. The number of nitrogens with zero attached hydrogens (tertiary/aromatic N) is 2. The topological polar surface area (TPSA) is 60.9 Å². The van der Waals surface area contributed by atoms with E-state index in [1.165, 1.54) is 23.5 Å². The number of aromatic nitrogens is 2. The van der Waals surface area contributed by atoms with Crippen LogP contribution in [0, 0.1) is 6.92 Å². The Labute approximate surface area is 174 Å². The van der Waals surface area contributed by atoms with E-state index in [9.17, 15) is 18.0 Å². The fraction of sp³-hybridized carbons (Fsp3) is 0.182. The van der Waals surface area contributed by atoms with Crippen LogP contribution in [0.4, 0.5) is 13.2 Å². The fourth-order valence-corrected chi connectivity index (χ4v) is 4.69. The second-order valence-electron chi connectivity index (χ2n) is 7.10. The Kier molecular flexibility index (Phi) is 4.89. The summed E-state index contributed by atoms with van der Waals surface area (Å²) in [7, 11) is 1.82. The molecule has 0 unspecified atom stereocenters. The third-order valence-electron chi connectivity index (χ3n) is 5.08. The number of benzene rings is 2. The predicted octanol–water partition coefficient (Wildman–Crippen LogP) is 5.32. The van der Waals surface area contributed by atoms with E-state index in [4.69, 9.17) is 5.73 Å².